The van der Waals surface area contributed by atoms with E-state index in [1.807, 2.05) is 6.92 Å². The molecule has 1 aliphatic heterocycles. The number of carbonyl (C=O) groups excluding carboxylic acids is 2. The van der Waals surface area contributed by atoms with E-state index in [2.05, 4.69) is 15.6 Å². The normalized spacial score (nSPS) is 15.4. The molecular formula is C18H25FN4O2. The second kappa shape index (κ2) is 9.76. The standard InChI is InChI=1S/C18H25FN4O2/c1-2-20-18(21-11-10-14-6-3-4-7-15(14)19)22-12-13-23-16(24)8-5-9-17(23)25/h3-4,6-7H,2,5,8-13H2,1H3,(H2,20,21,22). The lowest BCUT2D eigenvalue weighted by Crippen LogP contribution is -2.46. The van der Waals surface area contributed by atoms with Crippen LogP contribution < -0.4 is 10.6 Å². The highest BCUT2D eigenvalue weighted by Crippen LogP contribution is 2.11. The number of aliphatic imine (C=N–C) groups is 1. The lowest BCUT2D eigenvalue weighted by Gasteiger charge is -2.25. The molecule has 0 aliphatic carbocycles. The predicted molar refractivity (Wildman–Crippen MR) is 94.7 cm³/mol. The van der Waals surface area contributed by atoms with Crippen molar-refractivity contribution in [3.05, 3.63) is 35.6 Å². The number of carbonyl (C=O) groups is 2. The molecule has 1 aliphatic rings. The molecule has 0 radical (unpaired) electrons. The molecule has 1 aromatic carbocycles. The van der Waals surface area contributed by atoms with Gasteiger partial charge in [0, 0.05) is 39.0 Å². The van der Waals surface area contributed by atoms with Crippen molar-refractivity contribution in [3.63, 3.8) is 0 Å². The van der Waals surface area contributed by atoms with E-state index in [0.29, 0.717) is 63.4 Å². The van der Waals surface area contributed by atoms with Gasteiger partial charge in [-0.05, 0) is 31.4 Å². The van der Waals surface area contributed by atoms with Crippen LogP contribution in [0.4, 0.5) is 4.39 Å². The van der Waals surface area contributed by atoms with Crippen LogP contribution in [-0.4, -0.2) is 48.9 Å². The average Bonchev–Trinajstić information content (AvgIpc) is 2.59. The zero-order chi connectivity index (χ0) is 18.1. The van der Waals surface area contributed by atoms with Crippen molar-refractivity contribution in [3.8, 4) is 0 Å². The number of piperidine rings is 1. The number of guanidine groups is 1. The average molecular weight is 348 g/mol. The monoisotopic (exact) mass is 348 g/mol. The molecule has 0 atom stereocenters. The molecule has 25 heavy (non-hydrogen) atoms. The van der Waals surface area contributed by atoms with Gasteiger partial charge in [0.15, 0.2) is 5.96 Å². The summed E-state index contributed by atoms with van der Waals surface area (Å²) in [6, 6.07) is 6.66. The summed E-state index contributed by atoms with van der Waals surface area (Å²) in [6.45, 7) is 3.84. The number of rotatable bonds is 7. The topological polar surface area (TPSA) is 73.8 Å². The van der Waals surface area contributed by atoms with Crippen molar-refractivity contribution in [2.75, 3.05) is 26.2 Å². The van der Waals surface area contributed by atoms with E-state index in [1.165, 1.54) is 11.0 Å². The summed E-state index contributed by atoms with van der Waals surface area (Å²) >= 11 is 0. The molecule has 1 heterocycles. The van der Waals surface area contributed by atoms with Crippen LogP contribution in [0.3, 0.4) is 0 Å². The number of imide groups is 1. The zero-order valence-electron chi connectivity index (χ0n) is 14.6. The van der Waals surface area contributed by atoms with Crippen LogP contribution in [-0.2, 0) is 16.0 Å². The van der Waals surface area contributed by atoms with Crippen LogP contribution >= 0.6 is 0 Å². The van der Waals surface area contributed by atoms with Gasteiger partial charge >= 0.3 is 0 Å². The lowest BCUT2D eigenvalue weighted by atomic mass is 10.1. The summed E-state index contributed by atoms with van der Waals surface area (Å²) < 4.78 is 13.6. The maximum absolute atomic E-state index is 13.6. The molecule has 1 saturated heterocycles. The quantitative estimate of drug-likeness (QED) is 0.444. The van der Waals surface area contributed by atoms with Gasteiger partial charge in [0.1, 0.15) is 5.82 Å². The third-order valence-corrected chi connectivity index (χ3v) is 3.96. The summed E-state index contributed by atoms with van der Waals surface area (Å²) in [5.41, 5.74) is 0.631. The summed E-state index contributed by atoms with van der Waals surface area (Å²) in [4.78, 5) is 29.2. The Morgan fingerprint density at radius 2 is 1.92 bits per heavy atom. The lowest BCUT2D eigenvalue weighted by molar-refractivity contribution is -0.147. The van der Waals surface area contributed by atoms with E-state index in [0.717, 1.165) is 0 Å². The molecule has 6 nitrogen and oxygen atoms in total. The number of hydrogen-bond acceptors (Lipinski definition) is 3. The smallest absolute Gasteiger partial charge is 0.229 e. The van der Waals surface area contributed by atoms with E-state index in [1.54, 1.807) is 18.2 Å². The van der Waals surface area contributed by atoms with Crippen molar-refractivity contribution in [2.45, 2.75) is 32.6 Å². The van der Waals surface area contributed by atoms with Crippen molar-refractivity contribution >= 4 is 17.8 Å². The highest BCUT2D eigenvalue weighted by Gasteiger charge is 2.25. The fourth-order valence-corrected chi connectivity index (χ4v) is 2.67. The van der Waals surface area contributed by atoms with Gasteiger partial charge in [-0.2, -0.15) is 0 Å². The number of nitrogens with zero attached hydrogens (tertiary/aromatic N) is 2. The summed E-state index contributed by atoms with van der Waals surface area (Å²) in [5, 5.41) is 6.21. The summed E-state index contributed by atoms with van der Waals surface area (Å²) in [6.07, 6.45) is 2.01. The number of amides is 2. The predicted octanol–water partition coefficient (Wildman–Crippen LogP) is 1.46. The summed E-state index contributed by atoms with van der Waals surface area (Å²) in [5.74, 6) is 0.146. The van der Waals surface area contributed by atoms with Gasteiger partial charge in [0.2, 0.25) is 11.8 Å². The van der Waals surface area contributed by atoms with Crippen molar-refractivity contribution in [2.24, 2.45) is 4.99 Å². The first-order chi connectivity index (χ1) is 12.1. The Morgan fingerprint density at radius 3 is 2.60 bits per heavy atom. The highest BCUT2D eigenvalue weighted by molar-refractivity contribution is 5.97. The van der Waals surface area contributed by atoms with Gasteiger partial charge in [-0.1, -0.05) is 18.2 Å². The van der Waals surface area contributed by atoms with Gasteiger partial charge < -0.3 is 10.6 Å². The van der Waals surface area contributed by atoms with Gasteiger partial charge in [-0.25, -0.2) is 4.39 Å². The third-order valence-electron chi connectivity index (χ3n) is 3.96. The van der Waals surface area contributed by atoms with E-state index in [9.17, 15) is 14.0 Å². The number of halogens is 1. The first-order valence-corrected chi connectivity index (χ1v) is 8.70. The number of nitrogens with one attached hydrogen (secondary N) is 2. The Morgan fingerprint density at radius 1 is 1.20 bits per heavy atom. The van der Waals surface area contributed by atoms with Crippen molar-refractivity contribution < 1.29 is 14.0 Å². The molecule has 1 aromatic rings. The maximum atomic E-state index is 13.6. The molecule has 2 rings (SSSR count). The van der Waals surface area contributed by atoms with Gasteiger partial charge in [-0.3, -0.25) is 19.5 Å². The SMILES string of the molecule is CCNC(=NCCc1ccccc1F)NCCN1C(=O)CCCC1=O. The molecule has 7 heteroatoms. The fraction of sp³-hybridized carbons (Fsp3) is 0.500. The first-order valence-electron chi connectivity index (χ1n) is 8.70. The van der Waals surface area contributed by atoms with E-state index >= 15 is 0 Å². The van der Waals surface area contributed by atoms with E-state index in [4.69, 9.17) is 0 Å². The first kappa shape index (κ1) is 18.9. The van der Waals surface area contributed by atoms with Gasteiger partial charge in [0.05, 0.1) is 0 Å². The number of benzene rings is 1. The molecule has 136 valence electrons. The molecule has 2 N–H and O–H groups in total. The minimum atomic E-state index is -0.224. The Labute approximate surface area is 147 Å². The molecule has 0 saturated carbocycles. The second-order valence-electron chi connectivity index (χ2n) is 5.82. The number of likely N-dealkylation sites (tertiary alicyclic amines) is 1. The van der Waals surface area contributed by atoms with Crippen LogP contribution in [0.15, 0.2) is 29.3 Å². The Kier molecular flexibility index (Phi) is 7.37. The minimum absolute atomic E-state index is 0.112. The largest absolute Gasteiger partial charge is 0.357 e. The van der Waals surface area contributed by atoms with Crippen LogP contribution in [0.2, 0.25) is 0 Å². The zero-order valence-corrected chi connectivity index (χ0v) is 14.6. The second-order valence-corrected chi connectivity index (χ2v) is 5.82. The van der Waals surface area contributed by atoms with Crippen LogP contribution in [0.1, 0.15) is 31.7 Å². The highest BCUT2D eigenvalue weighted by atomic mass is 19.1. The Hall–Kier alpha value is -2.44. The molecule has 0 bridgehead atoms. The Bertz CT molecular complexity index is 617. The van der Waals surface area contributed by atoms with Crippen molar-refractivity contribution in [1.82, 2.24) is 15.5 Å². The molecule has 1 fully saturated rings. The van der Waals surface area contributed by atoms with Crippen molar-refractivity contribution in [1.29, 1.82) is 0 Å². The van der Waals surface area contributed by atoms with Gasteiger partial charge in [0.25, 0.3) is 0 Å². The fourth-order valence-electron chi connectivity index (χ4n) is 2.67. The third kappa shape index (κ3) is 5.85. The van der Waals surface area contributed by atoms with Crippen LogP contribution in [0.5, 0.6) is 0 Å². The van der Waals surface area contributed by atoms with E-state index < -0.39 is 0 Å². The minimum Gasteiger partial charge on any atom is -0.357 e. The van der Waals surface area contributed by atoms with Crippen LogP contribution in [0, 0.1) is 5.82 Å². The molecule has 0 spiro atoms. The van der Waals surface area contributed by atoms with E-state index in [-0.39, 0.29) is 17.6 Å². The van der Waals surface area contributed by atoms with Crippen LogP contribution in [0.25, 0.3) is 0 Å². The summed E-state index contributed by atoms with van der Waals surface area (Å²) in [7, 11) is 0. The molecule has 0 aromatic heterocycles. The molecule has 0 unspecified atom stereocenters. The Balaban J connectivity index is 1.82. The number of hydrogen-bond donors (Lipinski definition) is 2. The molecular weight excluding hydrogens is 323 g/mol. The molecule has 2 amide bonds. The van der Waals surface area contributed by atoms with Gasteiger partial charge in [-0.15, -0.1) is 0 Å². The maximum Gasteiger partial charge on any atom is 0.229 e.